The monoisotopic (exact) mass is 534 g/mol. The predicted molar refractivity (Wildman–Crippen MR) is 141 cm³/mol. The lowest BCUT2D eigenvalue weighted by Crippen LogP contribution is -2.23. The summed E-state index contributed by atoms with van der Waals surface area (Å²) in [5.74, 6) is 7.07. The maximum atomic E-state index is 12.8. The standard InChI is InChI=1S/C26H34N2O6S2/c1-26(2,3)14-10-20-8-9-22(24(18-20)34-19-21-11-15-33-16-12-21)13-17-35(29,30)28-23-6-4-5-7-25(23)36(27,31)32/h4-9,18,21,28H,11-13,15-17,19H2,1-3H3,(H2,27,31,32). The van der Waals surface area contributed by atoms with Gasteiger partial charge in [-0.2, -0.15) is 0 Å². The Labute approximate surface area is 214 Å². The minimum atomic E-state index is -4.09. The molecular formula is C26H34N2O6S2. The van der Waals surface area contributed by atoms with Gasteiger partial charge in [0.25, 0.3) is 0 Å². The first kappa shape index (κ1) is 28.0. The Bertz CT molecular complexity index is 1330. The summed E-state index contributed by atoms with van der Waals surface area (Å²) in [6.45, 7) is 8.03. The normalized spacial score (nSPS) is 15.1. The summed E-state index contributed by atoms with van der Waals surface area (Å²) in [5.41, 5.74) is 1.28. The first-order valence-electron chi connectivity index (χ1n) is 11.8. The lowest BCUT2D eigenvalue weighted by atomic mass is 9.97. The molecule has 36 heavy (non-hydrogen) atoms. The molecule has 1 aliphatic rings. The molecule has 0 aromatic heterocycles. The average molecular weight is 535 g/mol. The third kappa shape index (κ3) is 8.82. The first-order valence-corrected chi connectivity index (χ1v) is 15.0. The summed E-state index contributed by atoms with van der Waals surface area (Å²) in [4.78, 5) is -0.282. The first-order chi connectivity index (χ1) is 16.8. The maximum absolute atomic E-state index is 12.8. The molecule has 2 aromatic carbocycles. The van der Waals surface area contributed by atoms with Crippen LogP contribution in [-0.2, 0) is 31.2 Å². The topological polar surface area (TPSA) is 125 Å². The largest absolute Gasteiger partial charge is 0.493 e. The minimum absolute atomic E-state index is 0.0798. The van der Waals surface area contributed by atoms with Gasteiger partial charge in [0.1, 0.15) is 10.6 Å². The molecule has 1 aliphatic heterocycles. The molecule has 196 valence electrons. The molecule has 0 unspecified atom stereocenters. The molecule has 0 bridgehead atoms. The zero-order chi connectivity index (χ0) is 26.4. The van der Waals surface area contributed by atoms with Gasteiger partial charge in [-0.1, -0.05) is 30.0 Å². The van der Waals surface area contributed by atoms with Crippen LogP contribution in [-0.4, -0.2) is 42.4 Å². The Kier molecular flexibility index (Phi) is 9.06. The highest BCUT2D eigenvalue weighted by molar-refractivity contribution is 7.93. The van der Waals surface area contributed by atoms with Crippen molar-refractivity contribution < 1.29 is 26.3 Å². The van der Waals surface area contributed by atoms with E-state index in [0.29, 0.717) is 31.5 Å². The van der Waals surface area contributed by atoms with E-state index in [4.69, 9.17) is 14.6 Å². The molecule has 1 fully saturated rings. The van der Waals surface area contributed by atoms with Crippen molar-refractivity contribution >= 4 is 25.7 Å². The molecule has 0 saturated carbocycles. The van der Waals surface area contributed by atoms with Gasteiger partial charge >= 0.3 is 0 Å². The maximum Gasteiger partial charge on any atom is 0.240 e. The van der Waals surface area contributed by atoms with Crippen molar-refractivity contribution in [1.29, 1.82) is 0 Å². The number of anilines is 1. The van der Waals surface area contributed by atoms with Gasteiger partial charge in [-0.25, -0.2) is 22.0 Å². The molecule has 0 aliphatic carbocycles. The molecule has 0 spiro atoms. The van der Waals surface area contributed by atoms with Gasteiger partial charge in [0.15, 0.2) is 0 Å². The molecule has 1 heterocycles. The van der Waals surface area contributed by atoms with E-state index in [1.54, 1.807) is 0 Å². The summed E-state index contributed by atoms with van der Waals surface area (Å²) in [6, 6.07) is 11.2. The van der Waals surface area contributed by atoms with Crippen molar-refractivity contribution in [2.75, 3.05) is 30.3 Å². The highest BCUT2D eigenvalue weighted by Crippen LogP contribution is 2.26. The highest BCUT2D eigenvalue weighted by Gasteiger charge is 2.20. The Morgan fingerprint density at radius 2 is 1.78 bits per heavy atom. The lowest BCUT2D eigenvalue weighted by molar-refractivity contribution is 0.0496. The van der Waals surface area contributed by atoms with Crippen molar-refractivity contribution in [3.05, 3.63) is 53.6 Å². The van der Waals surface area contributed by atoms with E-state index in [2.05, 4.69) is 16.6 Å². The number of benzene rings is 2. The van der Waals surface area contributed by atoms with Crippen LogP contribution in [0.25, 0.3) is 0 Å². The molecular weight excluding hydrogens is 500 g/mol. The quantitative estimate of drug-likeness (QED) is 0.474. The molecule has 3 N–H and O–H groups in total. The number of hydrogen-bond donors (Lipinski definition) is 2. The van der Waals surface area contributed by atoms with Crippen LogP contribution in [0.2, 0.25) is 0 Å². The van der Waals surface area contributed by atoms with E-state index in [-0.39, 0.29) is 28.2 Å². The Morgan fingerprint density at radius 3 is 2.44 bits per heavy atom. The van der Waals surface area contributed by atoms with Crippen molar-refractivity contribution in [2.24, 2.45) is 16.5 Å². The number of nitrogens with one attached hydrogen (secondary N) is 1. The number of aryl methyl sites for hydroxylation is 1. The summed E-state index contributed by atoms with van der Waals surface area (Å²) in [6.07, 6.45) is 2.00. The van der Waals surface area contributed by atoms with E-state index in [1.807, 2.05) is 39.0 Å². The number of rotatable bonds is 9. The second-order valence-electron chi connectivity index (χ2n) is 9.90. The smallest absolute Gasteiger partial charge is 0.240 e. The van der Waals surface area contributed by atoms with Crippen LogP contribution in [0, 0.1) is 23.2 Å². The number of ether oxygens (including phenoxy) is 2. The summed E-state index contributed by atoms with van der Waals surface area (Å²) in [5, 5.41) is 5.22. The van der Waals surface area contributed by atoms with Crippen LogP contribution < -0.4 is 14.6 Å². The Balaban J connectivity index is 1.79. The minimum Gasteiger partial charge on any atom is -0.493 e. The van der Waals surface area contributed by atoms with Crippen LogP contribution in [0.4, 0.5) is 5.69 Å². The van der Waals surface area contributed by atoms with Gasteiger partial charge in [-0.3, -0.25) is 4.72 Å². The van der Waals surface area contributed by atoms with E-state index in [0.717, 1.165) is 24.0 Å². The Morgan fingerprint density at radius 1 is 1.08 bits per heavy atom. The third-order valence-corrected chi connectivity index (χ3v) is 7.81. The van der Waals surface area contributed by atoms with Crippen LogP contribution in [0.15, 0.2) is 47.4 Å². The van der Waals surface area contributed by atoms with Crippen molar-refractivity contribution in [3.63, 3.8) is 0 Å². The van der Waals surface area contributed by atoms with Gasteiger partial charge in [0.05, 0.1) is 18.0 Å². The summed E-state index contributed by atoms with van der Waals surface area (Å²) < 4.78 is 63.2. The second-order valence-corrected chi connectivity index (χ2v) is 13.3. The highest BCUT2D eigenvalue weighted by atomic mass is 32.2. The molecule has 8 nitrogen and oxygen atoms in total. The third-order valence-electron chi connectivity index (χ3n) is 5.56. The van der Waals surface area contributed by atoms with Gasteiger partial charge < -0.3 is 9.47 Å². The van der Waals surface area contributed by atoms with E-state index in [1.165, 1.54) is 24.3 Å². The van der Waals surface area contributed by atoms with Crippen molar-refractivity contribution in [2.45, 2.75) is 44.9 Å². The average Bonchev–Trinajstić information content (AvgIpc) is 2.80. The fourth-order valence-corrected chi connectivity index (χ4v) is 5.48. The van der Waals surface area contributed by atoms with Crippen LogP contribution in [0.3, 0.4) is 0 Å². The molecule has 10 heteroatoms. The van der Waals surface area contributed by atoms with Crippen molar-refractivity contribution in [3.8, 4) is 17.6 Å². The number of para-hydroxylation sites is 1. The lowest BCUT2D eigenvalue weighted by Gasteiger charge is -2.23. The van der Waals surface area contributed by atoms with E-state index in [9.17, 15) is 16.8 Å². The zero-order valence-corrected chi connectivity index (χ0v) is 22.5. The van der Waals surface area contributed by atoms with E-state index >= 15 is 0 Å². The van der Waals surface area contributed by atoms with Gasteiger partial charge in [0, 0.05) is 24.2 Å². The number of primary sulfonamides is 1. The van der Waals surface area contributed by atoms with Crippen LogP contribution >= 0.6 is 0 Å². The van der Waals surface area contributed by atoms with Crippen molar-refractivity contribution in [1.82, 2.24) is 0 Å². The fraction of sp³-hybridized carbons (Fsp3) is 0.462. The SMILES string of the molecule is CC(C)(C)C#Cc1ccc(CCS(=O)(=O)Nc2ccccc2S(N)(=O)=O)c(OCC2CCOCC2)c1. The summed E-state index contributed by atoms with van der Waals surface area (Å²) >= 11 is 0. The van der Waals surface area contributed by atoms with E-state index < -0.39 is 20.0 Å². The van der Waals surface area contributed by atoms with Crippen LogP contribution in [0.5, 0.6) is 5.75 Å². The molecule has 0 atom stereocenters. The van der Waals surface area contributed by atoms with Crippen LogP contribution in [0.1, 0.15) is 44.7 Å². The number of hydrogen-bond acceptors (Lipinski definition) is 6. The fourth-order valence-electron chi connectivity index (χ4n) is 3.62. The predicted octanol–water partition coefficient (Wildman–Crippen LogP) is 3.52. The molecule has 3 rings (SSSR count). The van der Waals surface area contributed by atoms with Gasteiger partial charge in [-0.05, 0) is 75.8 Å². The number of nitrogens with two attached hydrogens (primary N) is 1. The summed E-state index contributed by atoms with van der Waals surface area (Å²) in [7, 11) is -7.96. The second kappa shape index (κ2) is 11.6. The van der Waals surface area contributed by atoms with Gasteiger partial charge in [-0.15, -0.1) is 0 Å². The molecule has 0 amide bonds. The van der Waals surface area contributed by atoms with Gasteiger partial charge in [0.2, 0.25) is 20.0 Å². The molecule has 0 radical (unpaired) electrons. The molecule has 2 aromatic rings. The molecule has 1 saturated heterocycles. The number of sulfonamides is 2. The Hall–Kier alpha value is -2.58. The zero-order valence-electron chi connectivity index (χ0n) is 20.9.